The number of nitrogens with two attached hydrogens (primary N) is 4. The maximum Gasteiger partial charge on any atom is 0.278 e. The first-order chi connectivity index (χ1) is 24.8. The molecule has 270 valence electrons. The molecule has 0 radical (unpaired) electrons. The van der Waals surface area contributed by atoms with Gasteiger partial charge in [0.25, 0.3) is 11.8 Å². The molecule has 0 aliphatic carbocycles. The van der Waals surface area contributed by atoms with Crippen molar-refractivity contribution >= 4 is 94.1 Å². The summed E-state index contributed by atoms with van der Waals surface area (Å²) in [5.41, 5.74) is 24.3. The minimum atomic E-state index is -1.14. The minimum Gasteiger partial charge on any atom is -0.370 e. The maximum absolute atomic E-state index is 12.7. The van der Waals surface area contributed by atoms with Crippen molar-refractivity contribution in [3.8, 4) is 0 Å². The van der Waals surface area contributed by atoms with Crippen molar-refractivity contribution in [3.05, 3.63) is 24.3 Å². The SMILES string of the molecule is CCCC(=N)C1C(=O)N=C(N)N1c1nc(NC(=N)N)nc(Nc2ccc(Nc3nc(NC(=N)N)nc(N4C(N)=NC(=O)C4C(=N)CCC)n3)cc2)n1. The number of hydrogen-bond acceptors (Lipinski definition) is 18. The Bertz CT molecular complexity index is 1870. The lowest BCUT2D eigenvalue weighted by molar-refractivity contribution is -0.117. The molecule has 2 aliphatic heterocycles. The first kappa shape index (κ1) is 35.9. The summed E-state index contributed by atoms with van der Waals surface area (Å²) in [5.74, 6) is -3.15. The van der Waals surface area contributed by atoms with Crippen LogP contribution in [-0.4, -0.2) is 89.1 Å². The third-order valence-corrected chi connectivity index (χ3v) is 7.19. The molecular weight excluding hydrogens is 676 g/mol. The van der Waals surface area contributed by atoms with Crippen molar-refractivity contribution in [1.29, 1.82) is 21.6 Å². The third-order valence-electron chi connectivity index (χ3n) is 7.19. The fourth-order valence-corrected chi connectivity index (χ4v) is 5.10. The summed E-state index contributed by atoms with van der Waals surface area (Å²) in [6.07, 6.45) is 1.86. The Hall–Kier alpha value is -7.40. The molecule has 2 unspecified atom stereocenters. The van der Waals surface area contributed by atoms with E-state index in [0.717, 1.165) is 0 Å². The van der Waals surface area contributed by atoms with Gasteiger partial charge in [-0.3, -0.25) is 40.8 Å². The van der Waals surface area contributed by atoms with Gasteiger partial charge < -0.3 is 44.4 Å². The number of benzene rings is 1. The Balaban J connectivity index is 1.41. The molecule has 5 rings (SSSR count). The zero-order valence-corrected chi connectivity index (χ0v) is 27.9. The van der Waals surface area contributed by atoms with Crippen LogP contribution in [0, 0.1) is 21.6 Å². The predicted octanol–water partition coefficient (Wildman–Crippen LogP) is -0.146. The van der Waals surface area contributed by atoms with E-state index in [1.54, 1.807) is 24.3 Å². The number of amides is 2. The number of aliphatic imine (C=N–C) groups is 2. The van der Waals surface area contributed by atoms with E-state index in [0.29, 0.717) is 37.1 Å². The van der Waals surface area contributed by atoms with Gasteiger partial charge in [0.05, 0.1) is 0 Å². The van der Waals surface area contributed by atoms with Crippen molar-refractivity contribution in [2.24, 2.45) is 32.9 Å². The van der Waals surface area contributed by atoms with Gasteiger partial charge in [0, 0.05) is 22.8 Å². The number of nitrogens with one attached hydrogen (secondary N) is 8. The first-order valence-corrected chi connectivity index (χ1v) is 15.6. The van der Waals surface area contributed by atoms with Gasteiger partial charge in [-0.15, -0.1) is 0 Å². The zero-order valence-electron chi connectivity index (χ0n) is 27.9. The molecule has 24 nitrogen and oxygen atoms in total. The molecule has 24 heteroatoms. The van der Waals surface area contributed by atoms with Gasteiger partial charge in [0.1, 0.15) is 0 Å². The number of aromatic nitrogens is 6. The molecule has 4 heterocycles. The van der Waals surface area contributed by atoms with Gasteiger partial charge in [-0.05, 0) is 37.1 Å². The van der Waals surface area contributed by atoms with Crippen LogP contribution in [0.15, 0.2) is 34.3 Å². The summed E-state index contributed by atoms with van der Waals surface area (Å²) in [6, 6.07) is 4.33. The largest absolute Gasteiger partial charge is 0.370 e. The molecule has 0 saturated heterocycles. The van der Waals surface area contributed by atoms with E-state index in [1.807, 2.05) is 13.8 Å². The summed E-state index contributed by atoms with van der Waals surface area (Å²) >= 11 is 0. The van der Waals surface area contributed by atoms with Crippen LogP contribution < -0.4 is 54.0 Å². The van der Waals surface area contributed by atoms with E-state index < -0.39 is 35.8 Å². The van der Waals surface area contributed by atoms with Crippen molar-refractivity contribution in [2.45, 2.75) is 51.6 Å². The molecule has 2 aromatic heterocycles. The second-order valence-electron chi connectivity index (χ2n) is 11.2. The lowest BCUT2D eigenvalue weighted by atomic mass is 10.1. The van der Waals surface area contributed by atoms with Crippen LogP contribution in [0.3, 0.4) is 0 Å². The summed E-state index contributed by atoms with van der Waals surface area (Å²) in [6.45, 7) is 3.74. The summed E-state index contributed by atoms with van der Waals surface area (Å²) in [5, 5.41) is 43.2. The van der Waals surface area contributed by atoms with Crippen molar-refractivity contribution < 1.29 is 9.59 Å². The fraction of sp³-hybridized carbons (Fsp3) is 0.286. The monoisotopic (exact) mass is 712 g/mol. The normalized spacial score (nSPS) is 16.7. The average molecular weight is 713 g/mol. The van der Waals surface area contributed by atoms with Gasteiger partial charge in [-0.2, -0.15) is 39.9 Å². The van der Waals surface area contributed by atoms with Gasteiger partial charge >= 0.3 is 0 Å². The van der Waals surface area contributed by atoms with E-state index in [4.69, 9.17) is 44.6 Å². The Kier molecular flexibility index (Phi) is 10.4. The van der Waals surface area contributed by atoms with E-state index in [-0.39, 0.29) is 59.0 Å². The molecular formula is C28H36N22O2. The number of guanidine groups is 4. The van der Waals surface area contributed by atoms with E-state index >= 15 is 0 Å². The average Bonchev–Trinajstić information content (AvgIpc) is 3.53. The summed E-state index contributed by atoms with van der Waals surface area (Å²) in [7, 11) is 0. The highest BCUT2D eigenvalue weighted by Crippen LogP contribution is 2.26. The summed E-state index contributed by atoms with van der Waals surface area (Å²) < 4.78 is 0. The number of rotatable bonds is 14. The van der Waals surface area contributed by atoms with Crippen LogP contribution in [0.25, 0.3) is 0 Å². The van der Waals surface area contributed by atoms with Crippen LogP contribution in [0.2, 0.25) is 0 Å². The second kappa shape index (κ2) is 15.0. The Morgan fingerprint density at radius 2 is 0.981 bits per heavy atom. The Morgan fingerprint density at radius 1 is 0.635 bits per heavy atom. The lowest BCUT2D eigenvalue weighted by Gasteiger charge is -2.24. The van der Waals surface area contributed by atoms with Gasteiger partial charge in [0.2, 0.25) is 47.6 Å². The van der Waals surface area contributed by atoms with E-state index in [2.05, 4.69) is 61.2 Å². The lowest BCUT2D eigenvalue weighted by Crippen LogP contribution is -2.47. The second-order valence-corrected chi connectivity index (χ2v) is 11.2. The fourth-order valence-electron chi connectivity index (χ4n) is 5.10. The van der Waals surface area contributed by atoms with Gasteiger partial charge in [0.15, 0.2) is 24.0 Å². The molecule has 2 amide bonds. The van der Waals surface area contributed by atoms with Crippen LogP contribution in [0.5, 0.6) is 0 Å². The Labute approximate surface area is 295 Å². The minimum absolute atomic E-state index is 0.0213. The first-order valence-electron chi connectivity index (χ1n) is 15.6. The van der Waals surface area contributed by atoms with Crippen molar-refractivity contribution in [2.75, 3.05) is 31.1 Å². The van der Waals surface area contributed by atoms with Crippen molar-refractivity contribution in [1.82, 2.24) is 29.9 Å². The molecule has 0 spiro atoms. The zero-order chi connectivity index (χ0) is 37.7. The molecule has 1 aromatic carbocycles. The molecule has 16 N–H and O–H groups in total. The van der Waals surface area contributed by atoms with E-state index in [9.17, 15) is 9.59 Å². The highest BCUT2D eigenvalue weighted by Gasteiger charge is 2.41. The molecule has 0 saturated carbocycles. The third kappa shape index (κ3) is 7.90. The van der Waals surface area contributed by atoms with Crippen molar-refractivity contribution in [3.63, 3.8) is 0 Å². The Morgan fingerprint density at radius 3 is 1.31 bits per heavy atom. The van der Waals surface area contributed by atoms with E-state index in [1.165, 1.54) is 9.80 Å². The number of anilines is 8. The smallest absolute Gasteiger partial charge is 0.278 e. The van der Waals surface area contributed by atoms with Gasteiger partial charge in [-0.25, -0.2) is 0 Å². The predicted molar refractivity (Wildman–Crippen MR) is 195 cm³/mol. The van der Waals surface area contributed by atoms with Crippen LogP contribution in [0.1, 0.15) is 39.5 Å². The molecule has 2 atom stereocenters. The summed E-state index contributed by atoms with van der Waals surface area (Å²) in [4.78, 5) is 61.1. The quantitative estimate of drug-likeness (QED) is 0.0763. The number of nitrogens with zero attached hydrogens (tertiary/aromatic N) is 10. The molecule has 3 aromatic rings. The van der Waals surface area contributed by atoms with Gasteiger partial charge in [-0.1, -0.05) is 26.7 Å². The van der Waals surface area contributed by atoms with Crippen LogP contribution in [-0.2, 0) is 9.59 Å². The number of hydrogen-bond donors (Lipinski definition) is 12. The molecule has 0 fully saturated rings. The number of carbonyl (C=O) groups excluding carboxylic acids is 2. The molecule has 2 aliphatic rings. The highest BCUT2D eigenvalue weighted by atomic mass is 16.2. The molecule has 52 heavy (non-hydrogen) atoms. The highest BCUT2D eigenvalue weighted by molar-refractivity contribution is 6.23. The number of carbonyl (C=O) groups is 2. The maximum atomic E-state index is 12.7. The van der Waals surface area contributed by atoms with Crippen LogP contribution >= 0.6 is 0 Å². The topological polar surface area (TPSA) is 390 Å². The molecule has 0 bridgehead atoms. The van der Waals surface area contributed by atoms with Crippen LogP contribution in [0.4, 0.5) is 47.1 Å². The standard InChI is InChI=1S/C28H36N22O2/c1-3-5-13(29)15-17(51)39-21(35)49(15)27-45-23(43-25(47-27)41-19(31)32)37-11-7-9-12(10-8-11)38-24-44-26(42-20(33)34)48-28(46-24)50-16(14(30)6-4-2)18(52)40-22(50)36/h7-10,15-16,29-30H,3-6H2,1-2H3,(H2,35,39,51)(H2,36,40,52)(H5,31,32,37,41,43,45,47)(H5,33,34,38,42,44,46,48).